The quantitative estimate of drug-likeness (QED) is 0.297. The first-order chi connectivity index (χ1) is 13.7. The Morgan fingerprint density at radius 2 is 1.54 bits per heavy atom. The summed E-state index contributed by atoms with van der Waals surface area (Å²) in [5.74, 6) is 0.770. The maximum absolute atomic E-state index is 6.44. The van der Waals surface area contributed by atoms with E-state index in [-0.39, 0.29) is 0 Å². The molecule has 0 radical (unpaired) electrons. The molecule has 2 rings (SSSR count). The predicted octanol–water partition coefficient (Wildman–Crippen LogP) is 8.26. The van der Waals surface area contributed by atoms with Crippen molar-refractivity contribution in [3.8, 4) is 17.0 Å². The van der Waals surface area contributed by atoms with E-state index in [1.54, 1.807) is 0 Å². The molecule has 0 atom stereocenters. The van der Waals surface area contributed by atoms with Crippen LogP contribution in [0.15, 0.2) is 36.5 Å². The van der Waals surface area contributed by atoms with Crippen molar-refractivity contribution in [2.45, 2.75) is 84.5 Å². The van der Waals surface area contributed by atoms with Crippen LogP contribution in [-0.2, 0) is 6.42 Å². The zero-order valence-electron chi connectivity index (χ0n) is 17.7. The monoisotopic (exact) mass is 401 g/mol. The second-order valence-corrected chi connectivity index (χ2v) is 8.03. The third kappa shape index (κ3) is 8.22. The lowest BCUT2D eigenvalue weighted by molar-refractivity contribution is 0.304. The molecular formula is C25H36ClNO. The molecule has 2 nitrogen and oxygen atoms in total. The Morgan fingerprint density at radius 1 is 0.821 bits per heavy atom. The van der Waals surface area contributed by atoms with Gasteiger partial charge in [-0.3, -0.25) is 4.98 Å². The second-order valence-electron chi connectivity index (χ2n) is 7.62. The van der Waals surface area contributed by atoms with E-state index in [9.17, 15) is 0 Å². The average molecular weight is 402 g/mol. The largest absolute Gasteiger partial charge is 0.492 e. The van der Waals surface area contributed by atoms with Gasteiger partial charge in [0.15, 0.2) is 0 Å². The number of rotatable bonds is 14. The van der Waals surface area contributed by atoms with Crippen molar-refractivity contribution in [3.05, 3.63) is 47.1 Å². The van der Waals surface area contributed by atoms with Crippen molar-refractivity contribution in [3.63, 3.8) is 0 Å². The number of hydrogen-bond acceptors (Lipinski definition) is 2. The van der Waals surface area contributed by atoms with Gasteiger partial charge in [0, 0.05) is 11.8 Å². The number of benzene rings is 1. The highest BCUT2D eigenvalue weighted by Crippen LogP contribution is 2.30. The maximum Gasteiger partial charge on any atom is 0.137 e. The van der Waals surface area contributed by atoms with Gasteiger partial charge in [0.2, 0.25) is 0 Å². The van der Waals surface area contributed by atoms with Crippen LogP contribution in [0.4, 0.5) is 0 Å². The van der Waals surface area contributed by atoms with E-state index in [1.807, 2.05) is 24.4 Å². The first-order valence-corrected chi connectivity index (χ1v) is 11.5. The molecule has 0 spiro atoms. The van der Waals surface area contributed by atoms with Crippen molar-refractivity contribution in [1.82, 2.24) is 4.98 Å². The highest BCUT2D eigenvalue weighted by atomic mass is 35.5. The van der Waals surface area contributed by atoms with Gasteiger partial charge in [0.25, 0.3) is 0 Å². The summed E-state index contributed by atoms with van der Waals surface area (Å²) < 4.78 is 5.87. The Labute approximate surface area is 176 Å². The topological polar surface area (TPSA) is 22.1 Å². The lowest BCUT2D eigenvalue weighted by Gasteiger charge is -2.10. The van der Waals surface area contributed by atoms with Gasteiger partial charge in [-0.05, 0) is 49.1 Å². The maximum atomic E-state index is 6.44. The van der Waals surface area contributed by atoms with E-state index < -0.39 is 0 Å². The molecule has 1 heterocycles. The SMILES string of the molecule is CCCCCCCCOc1ccc(-c2ccc(CCCCCC)cn2)cc1Cl. The lowest BCUT2D eigenvalue weighted by atomic mass is 10.1. The molecule has 1 aromatic carbocycles. The number of aromatic nitrogens is 1. The normalized spacial score (nSPS) is 11.0. The Kier molecular flexibility index (Phi) is 11.1. The molecule has 0 N–H and O–H groups in total. The van der Waals surface area contributed by atoms with E-state index >= 15 is 0 Å². The van der Waals surface area contributed by atoms with Gasteiger partial charge in [0.05, 0.1) is 17.3 Å². The van der Waals surface area contributed by atoms with Crippen LogP contribution in [0.25, 0.3) is 11.3 Å². The molecule has 0 saturated carbocycles. The molecule has 0 aliphatic carbocycles. The fraction of sp³-hybridized carbons (Fsp3) is 0.560. The average Bonchev–Trinajstić information content (AvgIpc) is 2.72. The number of halogens is 1. The number of hydrogen-bond donors (Lipinski definition) is 0. The van der Waals surface area contributed by atoms with Gasteiger partial charge >= 0.3 is 0 Å². The Morgan fingerprint density at radius 3 is 2.21 bits per heavy atom. The van der Waals surface area contributed by atoms with E-state index in [2.05, 4.69) is 31.0 Å². The summed E-state index contributed by atoms with van der Waals surface area (Å²) in [6.07, 6.45) is 15.8. The molecule has 0 aliphatic rings. The molecule has 154 valence electrons. The number of unbranched alkanes of at least 4 members (excludes halogenated alkanes) is 8. The van der Waals surface area contributed by atoms with Crippen molar-refractivity contribution in [2.75, 3.05) is 6.61 Å². The first kappa shape index (κ1) is 22.7. The van der Waals surface area contributed by atoms with E-state index in [0.29, 0.717) is 5.02 Å². The summed E-state index contributed by atoms with van der Waals surface area (Å²) in [4.78, 5) is 4.63. The third-order valence-electron chi connectivity index (χ3n) is 5.13. The third-order valence-corrected chi connectivity index (χ3v) is 5.42. The molecular weight excluding hydrogens is 366 g/mol. The molecule has 2 aromatic rings. The summed E-state index contributed by atoms with van der Waals surface area (Å²) in [5, 5.41) is 0.661. The van der Waals surface area contributed by atoms with Crippen molar-refractivity contribution >= 4 is 11.6 Å². The van der Waals surface area contributed by atoms with Crippen LogP contribution in [0.1, 0.15) is 83.6 Å². The molecule has 0 saturated heterocycles. The Hall–Kier alpha value is -1.54. The van der Waals surface area contributed by atoms with Gasteiger partial charge in [-0.15, -0.1) is 0 Å². The number of aryl methyl sites for hydroxylation is 1. The van der Waals surface area contributed by atoms with Crippen LogP contribution in [-0.4, -0.2) is 11.6 Å². The summed E-state index contributed by atoms with van der Waals surface area (Å²) in [5.41, 5.74) is 3.31. The summed E-state index contributed by atoms with van der Waals surface area (Å²) in [6, 6.07) is 10.3. The molecule has 1 aromatic heterocycles. The zero-order chi connectivity index (χ0) is 20.0. The first-order valence-electron chi connectivity index (χ1n) is 11.1. The summed E-state index contributed by atoms with van der Waals surface area (Å²) in [7, 11) is 0. The highest BCUT2D eigenvalue weighted by Gasteiger charge is 2.06. The minimum atomic E-state index is 0.661. The molecule has 0 fully saturated rings. The Bertz CT molecular complexity index is 669. The van der Waals surface area contributed by atoms with Gasteiger partial charge < -0.3 is 4.74 Å². The van der Waals surface area contributed by atoms with Gasteiger partial charge in [0.1, 0.15) is 5.75 Å². The predicted molar refractivity (Wildman–Crippen MR) is 121 cm³/mol. The van der Waals surface area contributed by atoms with Crippen molar-refractivity contribution in [2.24, 2.45) is 0 Å². The lowest BCUT2D eigenvalue weighted by Crippen LogP contribution is -1.98. The molecule has 0 bridgehead atoms. The fourth-order valence-corrected chi connectivity index (χ4v) is 3.58. The summed E-state index contributed by atoms with van der Waals surface area (Å²) in [6.45, 7) is 5.22. The molecule has 0 aliphatic heterocycles. The van der Waals surface area contributed by atoms with E-state index in [4.69, 9.17) is 16.3 Å². The summed E-state index contributed by atoms with van der Waals surface area (Å²) >= 11 is 6.44. The molecule has 0 amide bonds. The zero-order valence-corrected chi connectivity index (χ0v) is 18.4. The fourth-order valence-electron chi connectivity index (χ4n) is 3.34. The smallest absolute Gasteiger partial charge is 0.137 e. The minimum Gasteiger partial charge on any atom is -0.492 e. The number of ether oxygens (including phenoxy) is 1. The van der Waals surface area contributed by atoms with Crippen LogP contribution in [0.5, 0.6) is 5.75 Å². The van der Waals surface area contributed by atoms with Crippen LogP contribution in [0, 0.1) is 0 Å². The van der Waals surface area contributed by atoms with Gasteiger partial charge in [-0.1, -0.05) is 82.9 Å². The van der Waals surface area contributed by atoms with Crippen LogP contribution >= 0.6 is 11.6 Å². The molecule has 28 heavy (non-hydrogen) atoms. The molecule has 0 unspecified atom stereocenters. The van der Waals surface area contributed by atoms with Crippen LogP contribution in [0.2, 0.25) is 5.02 Å². The number of pyridine rings is 1. The molecule has 3 heteroatoms. The van der Waals surface area contributed by atoms with Gasteiger partial charge in [-0.2, -0.15) is 0 Å². The van der Waals surface area contributed by atoms with Crippen LogP contribution in [0.3, 0.4) is 0 Å². The minimum absolute atomic E-state index is 0.661. The second kappa shape index (κ2) is 13.6. The van der Waals surface area contributed by atoms with E-state index in [1.165, 1.54) is 63.4 Å². The van der Waals surface area contributed by atoms with E-state index in [0.717, 1.165) is 36.5 Å². The van der Waals surface area contributed by atoms with Crippen LogP contribution < -0.4 is 4.74 Å². The Balaban J connectivity index is 1.80. The van der Waals surface area contributed by atoms with Crippen molar-refractivity contribution in [1.29, 1.82) is 0 Å². The standard InChI is InChI=1S/C25H36ClNO/c1-3-5-7-9-10-12-18-28-25-17-15-22(19-23(25)26)24-16-14-21(20-27-24)13-11-8-6-4-2/h14-17,19-20H,3-13,18H2,1-2H3. The highest BCUT2D eigenvalue weighted by molar-refractivity contribution is 6.32. The number of nitrogens with zero attached hydrogens (tertiary/aromatic N) is 1. The van der Waals surface area contributed by atoms with Gasteiger partial charge in [-0.25, -0.2) is 0 Å². The van der Waals surface area contributed by atoms with Crippen molar-refractivity contribution < 1.29 is 4.74 Å².